The lowest BCUT2D eigenvalue weighted by molar-refractivity contribution is -0.348. The number of benzene rings is 2. The van der Waals surface area contributed by atoms with Gasteiger partial charge in [-0.2, -0.15) is 0 Å². The van der Waals surface area contributed by atoms with Crippen LogP contribution in [0.25, 0.3) is 0 Å². The van der Waals surface area contributed by atoms with Gasteiger partial charge in [0.25, 0.3) is 0 Å². The van der Waals surface area contributed by atoms with Crippen molar-refractivity contribution in [2.24, 2.45) is 4.99 Å². The summed E-state index contributed by atoms with van der Waals surface area (Å²) in [5, 5.41) is 11.2. The van der Waals surface area contributed by atoms with Crippen molar-refractivity contribution in [1.82, 2.24) is 0 Å². The van der Waals surface area contributed by atoms with Gasteiger partial charge >= 0.3 is 5.84 Å². The van der Waals surface area contributed by atoms with Gasteiger partial charge in [-0.1, -0.05) is 30.3 Å². The first kappa shape index (κ1) is 13.0. The molecule has 0 spiro atoms. The van der Waals surface area contributed by atoms with E-state index >= 15 is 0 Å². The van der Waals surface area contributed by atoms with E-state index in [1.807, 2.05) is 32.0 Å². The average molecular weight is 254 g/mol. The van der Waals surface area contributed by atoms with Crippen LogP contribution in [-0.2, 0) is 0 Å². The summed E-state index contributed by atoms with van der Waals surface area (Å²) in [4.78, 5) is 14.9. The number of nitrogens with zero attached hydrogens (tertiary/aromatic N) is 2. The fourth-order valence-corrected chi connectivity index (χ4v) is 1.77. The van der Waals surface area contributed by atoms with E-state index in [1.165, 1.54) is 0 Å². The molecule has 0 aromatic heterocycles. The number of amidine groups is 1. The fraction of sp³-hybridized carbons (Fsp3) is 0.133. The summed E-state index contributed by atoms with van der Waals surface area (Å²) < 4.78 is 0. The summed E-state index contributed by atoms with van der Waals surface area (Å²) in [5.41, 5.74) is 3.17. The molecule has 4 nitrogen and oxygen atoms in total. The van der Waals surface area contributed by atoms with Crippen molar-refractivity contribution >= 4 is 11.5 Å². The van der Waals surface area contributed by atoms with Gasteiger partial charge in [0, 0.05) is 5.56 Å². The number of hydrogen-bond acceptors (Lipinski definition) is 3. The molecule has 0 radical (unpaired) electrons. The lowest BCUT2D eigenvalue weighted by Crippen LogP contribution is -2.12. The molecule has 0 unspecified atom stereocenters. The molecule has 2 rings (SSSR count). The second-order valence-corrected chi connectivity index (χ2v) is 4.28. The van der Waals surface area contributed by atoms with Gasteiger partial charge in [0.2, 0.25) is 0 Å². The Morgan fingerprint density at radius 1 is 1.05 bits per heavy atom. The highest BCUT2D eigenvalue weighted by Crippen LogP contribution is 2.22. The zero-order valence-corrected chi connectivity index (χ0v) is 10.8. The van der Waals surface area contributed by atoms with Crippen molar-refractivity contribution < 1.29 is 4.92 Å². The van der Waals surface area contributed by atoms with Crippen LogP contribution in [0.5, 0.6) is 0 Å². The van der Waals surface area contributed by atoms with Crippen molar-refractivity contribution in [3.8, 4) is 0 Å². The van der Waals surface area contributed by atoms with Crippen LogP contribution in [0.1, 0.15) is 16.7 Å². The summed E-state index contributed by atoms with van der Waals surface area (Å²) in [5.74, 6) is -0.130. The predicted molar refractivity (Wildman–Crippen MR) is 75.5 cm³/mol. The number of aryl methyl sites for hydroxylation is 1. The Morgan fingerprint density at radius 2 is 1.74 bits per heavy atom. The lowest BCUT2D eigenvalue weighted by Gasteiger charge is -2.01. The summed E-state index contributed by atoms with van der Waals surface area (Å²) >= 11 is 0. The number of nitro groups is 1. The van der Waals surface area contributed by atoms with Crippen molar-refractivity contribution in [3.63, 3.8) is 0 Å². The molecule has 2 aromatic rings. The summed E-state index contributed by atoms with van der Waals surface area (Å²) in [6.07, 6.45) is 0. The summed E-state index contributed by atoms with van der Waals surface area (Å²) in [6.45, 7) is 3.87. The SMILES string of the molecule is Cc1cccc(N=C(c2ccccc2)[N+](=O)[O-])c1C. The van der Waals surface area contributed by atoms with Crippen molar-refractivity contribution in [1.29, 1.82) is 0 Å². The molecule has 4 heteroatoms. The minimum atomic E-state index is -0.447. The van der Waals surface area contributed by atoms with E-state index in [1.54, 1.807) is 30.3 Å². The van der Waals surface area contributed by atoms with E-state index in [-0.39, 0.29) is 5.84 Å². The van der Waals surface area contributed by atoms with Crippen LogP contribution in [0, 0.1) is 24.0 Å². The Morgan fingerprint density at radius 3 is 2.37 bits per heavy atom. The van der Waals surface area contributed by atoms with E-state index in [9.17, 15) is 10.1 Å². The van der Waals surface area contributed by atoms with Gasteiger partial charge in [0.05, 0.1) is 5.56 Å². The second kappa shape index (κ2) is 5.44. The number of hydrogen-bond donors (Lipinski definition) is 0. The molecule has 0 saturated carbocycles. The van der Waals surface area contributed by atoms with E-state index in [4.69, 9.17) is 0 Å². The largest absolute Gasteiger partial charge is 0.371 e. The zero-order valence-electron chi connectivity index (χ0n) is 10.8. The molecular formula is C15H14N2O2. The first-order valence-electron chi connectivity index (χ1n) is 5.94. The van der Waals surface area contributed by atoms with Gasteiger partial charge in [-0.15, -0.1) is 0 Å². The number of rotatable bonds is 2. The Kier molecular flexibility index (Phi) is 3.71. The van der Waals surface area contributed by atoms with Crippen LogP contribution in [0.15, 0.2) is 53.5 Å². The summed E-state index contributed by atoms with van der Waals surface area (Å²) in [7, 11) is 0. The van der Waals surface area contributed by atoms with Crippen molar-refractivity contribution in [2.75, 3.05) is 0 Å². The minimum Gasteiger partial charge on any atom is -0.358 e. The molecule has 96 valence electrons. The Balaban J connectivity index is 2.54. The highest BCUT2D eigenvalue weighted by atomic mass is 16.6. The highest BCUT2D eigenvalue weighted by Gasteiger charge is 2.17. The second-order valence-electron chi connectivity index (χ2n) is 4.28. The monoisotopic (exact) mass is 254 g/mol. The molecule has 0 heterocycles. The quantitative estimate of drug-likeness (QED) is 0.355. The van der Waals surface area contributed by atoms with Crippen LogP contribution in [0.2, 0.25) is 0 Å². The molecule has 0 aliphatic heterocycles. The normalized spacial score (nSPS) is 11.4. The maximum absolute atomic E-state index is 11.2. The molecule has 0 aliphatic rings. The van der Waals surface area contributed by atoms with E-state index in [0.29, 0.717) is 11.3 Å². The first-order valence-corrected chi connectivity index (χ1v) is 5.94. The standard InChI is InChI=1S/C15H14N2O2/c1-11-7-6-10-14(12(11)2)16-15(17(18)19)13-8-4-3-5-9-13/h3-10H,1-2H3. The van der Waals surface area contributed by atoms with Crippen LogP contribution in [0.3, 0.4) is 0 Å². The van der Waals surface area contributed by atoms with Gasteiger partial charge in [0.1, 0.15) is 0 Å². The summed E-state index contributed by atoms with van der Waals surface area (Å²) in [6, 6.07) is 14.3. The van der Waals surface area contributed by atoms with Crippen molar-refractivity contribution in [2.45, 2.75) is 13.8 Å². The maximum atomic E-state index is 11.2. The zero-order chi connectivity index (χ0) is 13.8. The van der Waals surface area contributed by atoms with E-state index < -0.39 is 4.92 Å². The Labute approximate surface area is 111 Å². The smallest absolute Gasteiger partial charge is 0.358 e. The van der Waals surface area contributed by atoms with Gasteiger partial charge < -0.3 is 10.1 Å². The topological polar surface area (TPSA) is 55.5 Å². The van der Waals surface area contributed by atoms with Crippen LogP contribution < -0.4 is 0 Å². The molecular weight excluding hydrogens is 240 g/mol. The van der Waals surface area contributed by atoms with Gasteiger partial charge in [0.15, 0.2) is 5.69 Å². The molecule has 2 aromatic carbocycles. The van der Waals surface area contributed by atoms with Gasteiger partial charge in [-0.05, 0) is 47.5 Å². The first-order chi connectivity index (χ1) is 9.09. The average Bonchev–Trinajstić information content (AvgIpc) is 2.41. The van der Waals surface area contributed by atoms with E-state index in [0.717, 1.165) is 11.1 Å². The van der Waals surface area contributed by atoms with Gasteiger partial charge in [-0.25, -0.2) is 0 Å². The molecule has 0 fully saturated rings. The Bertz CT molecular complexity index is 634. The van der Waals surface area contributed by atoms with Crippen LogP contribution in [0.4, 0.5) is 5.69 Å². The molecule has 0 aliphatic carbocycles. The molecule has 0 bridgehead atoms. The van der Waals surface area contributed by atoms with E-state index in [2.05, 4.69) is 4.99 Å². The molecule has 19 heavy (non-hydrogen) atoms. The lowest BCUT2D eigenvalue weighted by atomic mass is 10.1. The van der Waals surface area contributed by atoms with Crippen molar-refractivity contribution in [3.05, 3.63) is 75.3 Å². The van der Waals surface area contributed by atoms with Gasteiger partial charge in [-0.3, -0.25) is 0 Å². The van der Waals surface area contributed by atoms with Crippen LogP contribution >= 0.6 is 0 Å². The third kappa shape index (κ3) is 2.85. The Hall–Kier alpha value is -2.49. The third-order valence-corrected chi connectivity index (χ3v) is 3.01. The fourth-order valence-electron chi connectivity index (χ4n) is 1.77. The van der Waals surface area contributed by atoms with Crippen LogP contribution in [-0.4, -0.2) is 10.8 Å². The molecule has 0 saturated heterocycles. The minimum absolute atomic E-state index is 0.130. The molecule has 0 amide bonds. The number of aliphatic imine (C=N–C) groups is 1. The maximum Gasteiger partial charge on any atom is 0.371 e. The highest BCUT2D eigenvalue weighted by molar-refractivity contribution is 5.94. The molecule has 0 N–H and O–H groups in total. The third-order valence-electron chi connectivity index (χ3n) is 3.01. The predicted octanol–water partition coefficient (Wildman–Crippen LogP) is 3.66. The molecule has 0 atom stereocenters.